The van der Waals surface area contributed by atoms with Crippen molar-refractivity contribution in [1.29, 1.82) is 0 Å². The van der Waals surface area contributed by atoms with Crippen LogP contribution in [0.4, 0.5) is 0 Å². The topological polar surface area (TPSA) is 52.1 Å². The van der Waals surface area contributed by atoms with E-state index in [0.717, 1.165) is 41.0 Å². The number of aromatic nitrogens is 2. The lowest BCUT2D eigenvalue weighted by atomic mass is 9.93. The molecular weight excluding hydrogens is 264 g/mol. The highest BCUT2D eigenvalue weighted by Gasteiger charge is 2.19. The highest BCUT2D eigenvalue weighted by Crippen LogP contribution is 2.27. The molecule has 0 saturated heterocycles. The number of pyridine rings is 2. The Balaban J connectivity index is 1.97. The van der Waals surface area contributed by atoms with Crippen LogP contribution in [0.5, 0.6) is 5.75 Å². The Morgan fingerprint density at radius 2 is 1.90 bits per heavy atom. The molecule has 0 unspecified atom stereocenters. The predicted octanol–water partition coefficient (Wildman–Crippen LogP) is 3.45. The number of ketones is 1. The van der Waals surface area contributed by atoms with Gasteiger partial charge in [-0.3, -0.25) is 14.8 Å². The Morgan fingerprint density at radius 1 is 1.10 bits per heavy atom. The monoisotopic (exact) mass is 282 g/mol. The summed E-state index contributed by atoms with van der Waals surface area (Å²) in [5, 5.41) is 0. The van der Waals surface area contributed by atoms with Gasteiger partial charge in [-0.25, -0.2) is 0 Å². The summed E-state index contributed by atoms with van der Waals surface area (Å²) in [7, 11) is 0. The van der Waals surface area contributed by atoms with Crippen molar-refractivity contribution in [3.8, 4) is 16.9 Å². The first kappa shape index (κ1) is 13.7. The standard InChI is InChI=1S/C17H18N2O2/c1-11(2)21-14-6-12(8-18-10-14)13-7-15-16(19-9-13)4-3-5-17(15)20/h6-11H,3-5H2,1-2H3. The van der Waals surface area contributed by atoms with E-state index in [0.29, 0.717) is 6.42 Å². The van der Waals surface area contributed by atoms with Crippen molar-refractivity contribution >= 4 is 5.78 Å². The van der Waals surface area contributed by atoms with E-state index in [4.69, 9.17) is 4.74 Å². The molecule has 3 rings (SSSR count). The van der Waals surface area contributed by atoms with Gasteiger partial charge in [-0.1, -0.05) is 0 Å². The average Bonchev–Trinajstić information content (AvgIpc) is 2.47. The zero-order chi connectivity index (χ0) is 14.8. The van der Waals surface area contributed by atoms with E-state index in [1.807, 2.05) is 32.2 Å². The number of ether oxygens (including phenoxy) is 1. The molecule has 0 N–H and O–H groups in total. The summed E-state index contributed by atoms with van der Waals surface area (Å²) in [6.07, 6.45) is 7.78. The zero-order valence-corrected chi connectivity index (χ0v) is 12.3. The third-order valence-corrected chi connectivity index (χ3v) is 3.51. The molecule has 4 heteroatoms. The number of nitrogens with zero attached hydrogens (tertiary/aromatic N) is 2. The Morgan fingerprint density at radius 3 is 2.71 bits per heavy atom. The average molecular weight is 282 g/mol. The van der Waals surface area contributed by atoms with Crippen LogP contribution in [0.15, 0.2) is 30.7 Å². The number of carbonyl (C=O) groups excluding carboxylic acids is 1. The fourth-order valence-electron chi connectivity index (χ4n) is 2.56. The minimum Gasteiger partial charge on any atom is -0.489 e. The quantitative estimate of drug-likeness (QED) is 0.865. The smallest absolute Gasteiger partial charge is 0.164 e. The van der Waals surface area contributed by atoms with Gasteiger partial charge in [0.15, 0.2) is 5.78 Å². The minimum absolute atomic E-state index is 0.102. The molecule has 2 heterocycles. The molecule has 0 spiro atoms. The van der Waals surface area contributed by atoms with Gasteiger partial charge in [-0.2, -0.15) is 0 Å². The molecule has 1 aliphatic rings. The van der Waals surface area contributed by atoms with Gasteiger partial charge in [0.2, 0.25) is 0 Å². The van der Waals surface area contributed by atoms with E-state index in [-0.39, 0.29) is 11.9 Å². The summed E-state index contributed by atoms with van der Waals surface area (Å²) in [6, 6.07) is 3.86. The first-order valence-corrected chi connectivity index (χ1v) is 7.27. The van der Waals surface area contributed by atoms with E-state index >= 15 is 0 Å². The second-order valence-corrected chi connectivity index (χ2v) is 5.57. The van der Waals surface area contributed by atoms with Crippen molar-refractivity contribution in [1.82, 2.24) is 9.97 Å². The molecule has 2 aromatic rings. The van der Waals surface area contributed by atoms with Crippen molar-refractivity contribution in [3.05, 3.63) is 42.0 Å². The van der Waals surface area contributed by atoms with Crippen LogP contribution in [-0.2, 0) is 6.42 Å². The van der Waals surface area contributed by atoms with Crippen molar-refractivity contribution in [2.75, 3.05) is 0 Å². The number of fused-ring (bicyclic) bond motifs is 1. The zero-order valence-electron chi connectivity index (χ0n) is 12.3. The van der Waals surface area contributed by atoms with Gasteiger partial charge in [-0.05, 0) is 38.8 Å². The van der Waals surface area contributed by atoms with Gasteiger partial charge in [0, 0.05) is 35.5 Å². The highest BCUT2D eigenvalue weighted by atomic mass is 16.5. The summed E-state index contributed by atoms with van der Waals surface area (Å²) in [5.41, 5.74) is 3.50. The Bertz CT molecular complexity index is 680. The number of rotatable bonds is 3. The molecule has 0 fully saturated rings. The van der Waals surface area contributed by atoms with Crippen LogP contribution in [0.1, 0.15) is 42.7 Å². The third-order valence-electron chi connectivity index (χ3n) is 3.51. The van der Waals surface area contributed by atoms with Crippen LogP contribution >= 0.6 is 0 Å². The van der Waals surface area contributed by atoms with Gasteiger partial charge in [0.25, 0.3) is 0 Å². The fraction of sp³-hybridized carbons (Fsp3) is 0.353. The van der Waals surface area contributed by atoms with E-state index < -0.39 is 0 Å². The van der Waals surface area contributed by atoms with Crippen LogP contribution in [0.25, 0.3) is 11.1 Å². The Hall–Kier alpha value is -2.23. The van der Waals surface area contributed by atoms with Crippen molar-refractivity contribution in [3.63, 3.8) is 0 Å². The van der Waals surface area contributed by atoms with Crippen molar-refractivity contribution < 1.29 is 9.53 Å². The summed E-state index contributed by atoms with van der Waals surface area (Å²) >= 11 is 0. The lowest BCUT2D eigenvalue weighted by Crippen LogP contribution is -2.12. The molecule has 0 aliphatic heterocycles. The molecule has 0 atom stereocenters. The summed E-state index contributed by atoms with van der Waals surface area (Å²) in [6.45, 7) is 3.96. The van der Waals surface area contributed by atoms with Gasteiger partial charge in [-0.15, -0.1) is 0 Å². The molecule has 4 nitrogen and oxygen atoms in total. The lowest BCUT2D eigenvalue weighted by molar-refractivity contribution is 0.0971. The van der Waals surface area contributed by atoms with Gasteiger partial charge in [0.1, 0.15) is 5.75 Å². The molecule has 2 aromatic heterocycles. The number of aryl methyl sites for hydroxylation is 1. The van der Waals surface area contributed by atoms with E-state index in [1.165, 1.54) is 0 Å². The SMILES string of the molecule is CC(C)Oc1cncc(-c2cnc3c(c2)C(=O)CCC3)c1. The van der Waals surface area contributed by atoms with Gasteiger partial charge in [0.05, 0.1) is 18.0 Å². The van der Waals surface area contributed by atoms with Crippen LogP contribution < -0.4 is 4.74 Å². The van der Waals surface area contributed by atoms with Crippen LogP contribution in [0.2, 0.25) is 0 Å². The lowest BCUT2D eigenvalue weighted by Gasteiger charge is -2.15. The maximum atomic E-state index is 12.0. The van der Waals surface area contributed by atoms with E-state index in [2.05, 4.69) is 9.97 Å². The minimum atomic E-state index is 0.102. The second-order valence-electron chi connectivity index (χ2n) is 5.57. The molecule has 1 aliphatic carbocycles. The van der Waals surface area contributed by atoms with Crippen LogP contribution in [0, 0.1) is 0 Å². The number of Topliss-reactive ketones (excluding diaryl/α,β-unsaturated/α-hetero) is 1. The van der Waals surface area contributed by atoms with Gasteiger partial charge >= 0.3 is 0 Å². The maximum absolute atomic E-state index is 12.0. The van der Waals surface area contributed by atoms with Crippen LogP contribution in [-0.4, -0.2) is 21.9 Å². The molecular formula is C17H18N2O2. The Labute approximate surface area is 124 Å². The normalized spacial score (nSPS) is 14.1. The molecule has 21 heavy (non-hydrogen) atoms. The molecule has 0 radical (unpaired) electrons. The highest BCUT2D eigenvalue weighted by molar-refractivity contribution is 5.99. The summed E-state index contributed by atoms with van der Waals surface area (Å²) in [4.78, 5) is 20.7. The molecule has 108 valence electrons. The van der Waals surface area contributed by atoms with Gasteiger partial charge < -0.3 is 4.74 Å². The third kappa shape index (κ3) is 2.94. The first-order valence-electron chi connectivity index (χ1n) is 7.27. The van der Waals surface area contributed by atoms with Crippen molar-refractivity contribution in [2.45, 2.75) is 39.2 Å². The molecule has 0 aromatic carbocycles. The first-order chi connectivity index (χ1) is 10.1. The summed E-state index contributed by atoms with van der Waals surface area (Å²) in [5.74, 6) is 0.916. The number of carbonyl (C=O) groups is 1. The molecule has 0 saturated carbocycles. The molecule has 0 amide bonds. The van der Waals surface area contributed by atoms with Crippen LogP contribution in [0.3, 0.4) is 0 Å². The summed E-state index contributed by atoms with van der Waals surface area (Å²) < 4.78 is 5.66. The van der Waals surface area contributed by atoms with E-state index in [1.54, 1.807) is 12.4 Å². The second kappa shape index (κ2) is 5.64. The maximum Gasteiger partial charge on any atom is 0.164 e. The largest absolute Gasteiger partial charge is 0.489 e. The predicted molar refractivity (Wildman–Crippen MR) is 80.5 cm³/mol. The van der Waals surface area contributed by atoms with E-state index in [9.17, 15) is 4.79 Å². The number of hydrogen-bond acceptors (Lipinski definition) is 4. The number of hydrogen-bond donors (Lipinski definition) is 0. The fourth-order valence-corrected chi connectivity index (χ4v) is 2.56. The van der Waals surface area contributed by atoms with Crippen molar-refractivity contribution in [2.24, 2.45) is 0 Å². The molecule has 0 bridgehead atoms. The Kier molecular flexibility index (Phi) is 3.69.